The van der Waals surface area contributed by atoms with Crippen molar-refractivity contribution < 1.29 is 0 Å². The molecular formula is C18H35NS. The maximum Gasteiger partial charge on any atom is 0.0198 e. The summed E-state index contributed by atoms with van der Waals surface area (Å²) in [5, 5.41) is 4.94. The second-order valence-corrected chi connectivity index (χ2v) is 8.01. The molecule has 0 aliphatic heterocycles. The van der Waals surface area contributed by atoms with Gasteiger partial charge in [-0.2, -0.15) is 11.8 Å². The standard InChI is InChI=1S/C18H35NS/c1-20-18-15-11-14-17(18)19-16-12-9-7-5-3-2-4-6-8-10-13-16/h16-19H,2-15H2,1H3. The van der Waals surface area contributed by atoms with Gasteiger partial charge in [0.1, 0.15) is 0 Å². The van der Waals surface area contributed by atoms with Crippen LogP contribution in [0.5, 0.6) is 0 Å². The van der Waals surface area contributed by atoms with Crippen LogP contribution in [0.3, 0.4) is 0 Å². The predicted molar refractivity (Wildman–Crippen MR) is 92.7 cm³/mol. The van der Waals surface area contributed by atoms with Crippen molar-refractivity contribution in [3.05, 3.63) is 0 Å². The molecule has 1 N–H and O–H groups in total. The van der Waals surface area contributed by atoms with Crippen LogP contribution in [0.25, 0.3) is 0 Å². The van der Waals surface area contributed by atoms with Crippen molar-refractivity contribution in [2.24, 2.45) is 0 Å². The summed E-state index contributed by atoms with van der Waals surface area (Å²) in [6, 6.07) is 1.62. The molecule has 20 heavy (non-hydrogen) atoms. The Morgan fingerprint density at radius 1 is 0.650 bits per heavy atom. The fourth-order valence-corrected chi connectivity index (χ4v) is 4.98. The SMILES string of the molecule is CSC1CCCC1NC1CCCCCCCCCCC1. The summed E-state index contributed by atoms with van der Waals surface area (Å²) in [6.07, 6.45) is 22.7. The summed E-state index contributed by atoms with van der Waals surface area (Å²) in [7, 11) is 0. The lowest BCUT2D eigenvalue weighted by Crippen LogP contribution is -2.41. The highest BCUT2D eigenvalue weighted by atomic mass is 32.2. The Morgan fingerprint density at radius 3 is 1.75 bits per heavy atom. The van der Waals surface area contributed by atoms with Crippen molar-refractivity contribution in [1.82, 2.24) is 5.32 Å². The molecule has 0 spiro atoms. The third-order valence-electron chi connectivity index (χ3n) is 5.31. The van der Waals surface area contributed by atoms with E-state index < -0.39 is 0 Å². The van der Waals surface area contributed by atoms with Gasteiger partial charge in [-0.25, -0.2) is 0 Å². The molecule has 2 fully saturated rings. The van der Waals surface area contributed by atoms with E-state index in [1.807, 2.05) is 0 Å². The lowest BCUT2D eigenvalue weighted by atomic mass is 9.97. The van der Waals surface area contributed by atoms with Crippen LogP contribution in [-0.2, 0) is 0 Å². The second kappa shape index (κ2) is 10.1. The average molecular weight is 298 g/mol. The van der Waals surface area contributed by atoms with Gasteiger partial charge in [0.15, 0.2) is 0 Å². The zero-order chi connectivity index (χ0) is 14.0. The highest BCUT2D eigenvalue weighted by molar-refractivity contribution is 7.99. The third-order valence-corrected chi connectivity index (χ3v) is 6.48. The summed E-state index contributed by atoms with van der Waals surface area (Å²) in [6.45, 7) is 0. The summed E-state index contributed by atoms with van der Waals surface area (Å²) in [5.41, 5.74) is 0. The fraction of sp³-hybridized carbons (Fsp3) is 1.00. The van der Waals surface area contributed by atoms with E-state index in [4.69, 9.17) is 0 Å². The Hall–Kier alpha value is 0.310. The first-order valence-electron chi connectivity index (χ1n) is 9.19. The monoisotopic (exact) mass is 297 g/mol. The van der Waals surface area contributed by atoms with E-state index in [1.54, 1.807) is 0 Å². The van der Waals surface area contributed by atoms with Gasteiger partial charge in [0, 0.05) is 17.3 Å². The van der Waals surface area contributed by atoms with Crippen molar-refractivity contribution in [3.63, 3.8) is 0 Å². The van der Waals surface area contributed by atoms with Gasteiger partial charge in [-0.3, -0.25) is 0 Å². The molecule has 0 saturated heterocycles. The Balaban J connectivity index is 1.76. The molecule has 0 aromatic rings. The lowest BCUT2D eigenvalue weighted by molar-refractivity contribution is 0.366. The Kier molecular flexibility index (Phi) is 8.43. The number of hydrogen-bond donors (Lipinski definition) is 1. The van der Waals surface area contributed by atoms with Crippen LogP contribution in [0.4, 0.5) is 0 Å². The van der Waals surface area contributed by atoms with Crippen molar-refractivity contribution in [1.29, 1.82) is 0 Å². The zero-order valence-corrected chi connectivity index (χ0v) is 14.4. The minimum Gasteiger partial charge on any atom is -0.310 e. The molecule has 2 rings (SSSR count). The smallest absolute Gasteiger partial charge is 0.0198 e. The molecule has 2 saturated carbocycles. The minimum absolute atomic E-state index is 0.808. The Labute approximate surface area is 131 Å². The number of rotatable bonds is 3. The summed E-state index contributed by atoms with van der Waals surface area (Å²) >= 11 is 2.09. The molecular weight excluding hydrogens is 262 g/mol. The van der Waals surface area contributed by atoms with Gasteiger partial charge in [0.2, 0.25) is 0 Å². The van der Waals surface area contributed by atoms with E-state index in [0.29, 0.717) is 0 Å². The summed E-state index contributed by atoms with van der Waals surface area (Å²) < 4.78 is 0. The largest absolute Gasteiger partial charge is 0.310 e. The van der Waals surface area contributed by atoms with Crippen molar-refractivity contribution in [2.75, 3.05) is 6.26 Å². The maximum absolute atomic E-state index is 4.05. The van der Waals surface area contributed by atoms with Crippen molar-refractivity contribution >= 4 is 11.8 Å². The van der Waals surface area contributed by atoms with Gasteiger partial charge in [-0.05, 0) is 31.9 Å². The van der Waals surface area contributed by atoms with Crippen LogP contribution in [0.2, 0.25) is 0 Å². The first-order valence-corrected chi connectivity index (χ1v) is 10.5. The molecule has 0 aromatic heterocycles. The second-order valence-electron chi connectivity index (χ2n) is 6.93. The highest BCUT2D eigenvalue weighted by Gasteiger charge is 2.27. The molecule has 0 aromatic carbocycles. The lowest BCUT2D eigenvalue weighted by Gasteiger charge is -2.27. The number of thioether (sulfide) groups is 1. The quantitative estimate of drug-likeness (QED) is 0.734. The van der Waals surface area contributed by atoms with Crippen LogP contribution in [0, 0.1) is 0 Å². The van der Waals surface area contributed by atoms with Crippen LogP contribution in [0.15, 0.2) is 0 Å². The van der Waals surface area contributed by atoms with Gasteiger partial charge < -0.3 is 5.32 Å². The topological polar surface area (TPSA) is 12.0 Å². The van der Waals surface area contributed by atoms with E-state index in [1.165, 1.54) is 89.9 Å². The summed E-state index contributed by atoms with van der Waals surface area (Å²) in [4.78, 5) is 0. The molecule has 0 heterocycles. The Bertz CT molecular complexity index is 232. The van der Waals surface area contributed by atoms with Gasteiger partial charge in [0.25, 0.3) is 0 Å². The van der Waals surface area contributed by atoms with E-state index in [9.17, 15) is 0 Å². The van der Waals surface area contributed by atoms with Gasteiger partial charge in [-0.1, -0.05) is 64.2 Å². The van der Waals surface area contributed by atoms with Gasteiger partial charge in [0.05, 0.1) is 0 Å². The van der Waals surface area contributed by atoms with Crippen molar-refractivity contribution in [2.45, 2.75) is 107 Å². The minimum atomic E-state index is 0.808. The van der Waals surface area contributed by atoms with E-state index in [0.717, 1.165) is 17.3 Å². The number of nitrogens with one attached hydrogen (secondary N) is 1. The normalized spacial score (nSPS) is 31.6. The molecule has 1 nitrogen and oxygen atoms in total. The molecule has 0 amide bonds. The molecule has 2 atom stereocenters. The van der Waals surface area contributed by atoms with Crippen LogP contribution < -0.4 is 5.32 Å². The highest BCUT2D eigenvalue weighted by Crippen LogP contribution is 2.29. The molecule has 2 heteroatoms. The predicted octanol–water partition coefficient (Wildman–Crippen LogP) is 5.53. The van der Waals surface area contributed by atoms with E-state index >= 15 is 0 Å². The molecule has 118 valence electrons. The van der Waals surface area contributed by atoms with Crippen molar-refractivity contribution in [3.8, 4) is 0 Å². The molecule has 2 aliphatic carbocycles. The molecule has 2 unspecified atom stereocenters. The van der Waals surface area contributed by atoms with Gasteiger partial charge in [-0.15, -0.1) is 0 Å². The summed E-state index contributed by atoms with van der Waals surface area (Å²) in [5.74, 6) is 0. The van der Waals surface area contributed by atoms with Crippen LogP contribution in [-0.4, -0.2) is 23.6 Å². The Morgan fingerprint density at radius 2 is 1.20 bits per heavy atom. The third kappa shape index (κ3) is 5.97. The zero-order valence-electron chi connectivity index (χ0n) is 13.5. The molecule has 2 aliphatic rings. The van der Waals surface area contributed by atoms with Gasteiger partial charge >= 0.3 is 0 Å². The van der Waals surface area contributed by atoms with E-state index in [2.05, 4.69) is 23.3 Å². The fourth-order valence-electron chi connectivity index (χ4n) is 4.03. The molecule has 0 bridgehead atoms. The first-order chi connectivity index (χ1) is 9.90. The van der Waals surface area contributed by atoms with E-state index in [-0.39, 0.29) is 0 Å². The number of hydrogen-bond acceptors (Lipinski definition) is 2. The molecule has 0 radical (unpaired) electrons. The maximum atomic E-state index is 4.05. The van der Waals surface area contributed by atoms with Crippen LogP contribution >= 0.6 is 11.8 Å². The average Bonchev–Trinajstić information content (AvgIpc) is 2.89. The first kappa shape index (κ1) is 16.7. The van der Waals surface area contributed by atoms with Crippen LogP contribution in [0.1, 0.15) is 89.9 Å².